The van der Waals surface area contributed by atoms with E-state index in [1.54, 1.807) is 25.1 Å². The Morgan fingerprint density at radius 2 is 2.17 bits per heavy atom. The average molecular weight is 263 g/mol. The minimum absolute atomic E-state index is 0.120. The Morgan fingerprint density at radius 3 is 2.83 bits per heavy atom. The van der Waals surface area contributed by atoms with Crippen LogP contribution in [0, 0.1) is 12.7 Å². The van der Waals surface area contributed by atoms with Crippen molar-refractivity contribution < 1.29 is 14.3 Å². The lowest BCUT2D eigenvalue weighted by Gasteiger charge is -2.06. The fraction of sp³-hybridized carbons (Fsp3) is 0.0769. The van der Waals surface area contributed by atoms with Crippen molar-refractivity contribution in [2.45, 2.75) is 16.7 Å². The molecule has 18 heavy (non-hydrogen) atoms. The minimum Gasteiger partial charge on any atom is -0.478 e. The third-order valence-corrected chi connectivity index (χ3v) is 3.30. The number of aryl methyl sites for hydroxylation is 1. The number of aromatic carboxylic acids is 1. The number of hydrogen-bond donors (Lipinski definition) is 1. The van der Waals surface area contributed by atoms with Gasteiger partial charge >= 0.3 is 5.97 Å². The first-order chi connectivity index (χ1) is 8.56. The molecular formula is C13H10FNO2S. The monoisotopic (exact) mass is 263 g/mol. The molecule has 3 nitrogen and oxygen atoms in total. The van der Waals surface area contributed by atoms with E-state index >= 15 is 0 Å². The maximum absolute atomic E-state index is 13.1. The van der Waals surface area contributed by atoms with Crippen molar-refractivity contribution >= 4 is 17.7 Å². The maximum Gasteiger partial charge on any atom is 0.338 e. The molecule has 0 aliphatic carbocycles. The summed E-state index contributed by atoms with van der Waals surface area (Å²) in [5.74, 6) is -1.39. The molecule has 1 aromatic heterocycles. The van der Waals surface area contributed by atoms with Crippen LogP contribution >= 0.6 is 11.8 Å². The molecule has 5 heteroatoms. The lowest BCUT2D eigenvalue weighted by atomic mass is 10.2. The highest BCUT2D eigenvalue weighted by atomic mass is 32.2. The normalized spacial score (nSPS) is 10.3. The second kappa shape index (κ2) is 5.18. The first-order valence-electron chi connectivity index (χ1n) is 5.19. The van der Waals surface area contributed by atoms with E-state index in [1.165, 1.54) is 30.1 Å². The van der Waals surface area contributed by atoms with E-state index in [0.29, 0.717) is 9.79 Å². The van der Waals surface area contributed by atoms with Gasteiger partial charge < -0.3 is 5.11 Å². The Morgan fingerprint density at radius 1 is 1.39 bits per heavy atom. The third kappa shape index (κ3) is 2.87. The summed E-state index contributed by atoms with van der Waals surface area (Å²) in [6.07, 6.45) is 1.32. The van der Waals surface area contributed by atoms with Gasteiger partial charge in [-0.2, -0.15) is 0 Å². The van der Waals surface area contributed by atoms with Crippen LogP contribution in [0.5, 0.6) is 0 Å². The van der Waals surface area contributed by atoms with Crippen LogP contribution < -0.4 is 0 Å². The predicted molar refractivity (Wildman–Crippen MR) is 66.5 cm³/mol. The molecule has 0 fully saturated rings. The average Bonchev–Trinajstić information content (AvgIpc) is 2.28. The number of pyridine rings is 1. The van der Waals surface area contributed by atoms with Gasteiger partial charge in [0.1, 0.15) is 5.82 Å². The van der Waals surface area contributed by atoms with Crippen LogP contribution in [0.2, 0.25) is 0 Å². The van der Waals surface area contributed by atoms with Crippen LogP contribution in [0.1, 0.15) is 16.1 Å². The highest BCUT2D eigenvalue weighted by molar-refractivity contribution is 7.99. The fourth-order valence-electron chi connectivity index (χ4n) is 1.44. The number of carboxylic acid groups (broad SMARTS) is 1. The van der Waals surface area contributed by atoms with E-state index in [9.17, 15) is 9.18 Å². The second-order valence-corrected chi connectivity index (χ2v) is 4.80. The Kier molecular flexibility index (Phi) is 3.62. The number of carboxylic acids is 1. The van der Waals surface area contributed by atoms with E-state index < -0.39 is 5.97 Å². The molecule has 0 saturated heterocycles. The lowest BCUT2D eigenvalue weighted by molar-refractivity contribution is 0.0692. The molecule has 1 heterocycles. The topological polar surface area (TPSA) is 50.2 Å². The van der Waals surface area contributed by atoms with Crippen LogP contribution in [0.3, 0.4) is 0 Å². The highest BCUT2D eigenvalue weighted by Gasteiger charge is 2.12. The molecule has 0 spiro atoms. The van der Waals surface area contributed by atoms with Crippen LogP contribution in [0.4, 0.5) is 4.39 Å². The molecule has 92 valence electrons. The maximum atomic E-state index is 13.1. The number of rotatable bonds is 3. The molecule has 0 saturated carbocycles. The third-order valence-electron chi connectivity index (χ3n) is 2.26. The number of benzene rings is 1. The zero-order chi connectivity index (χ0) is 13.1. The van der Waals surface area contributed by atoms with Gasteiger partial charge in [-0.05, 0) is 31.2 Å². The summed E-state index contributed by atoms with van der Waals surface area (Å²) in [7, 11) is 0. The van der Waals surface area contributed by atoms with Crippen molar-refractivity contribution in [1.29, 1.82) is 0 Å². The van der Waals surface area contributed by atoms with E-state index in [-0.39, 0.29) is 11.4 Å². The Balaban J connectivity index is 2.39. The minimum atomic E-state index is -1.04. The molecule has 0 aliphatic heterocycles. The summed E-state index contributed by atoms with van der Waals surface area (Å²) >= 11 is 1.21. The molecule has 0 unspecified atom stereocenters. The molecule has 2 aromatic rings. The van der Waals surface area contributed by atoms with Crippen LogP contribution in [-0.2, 0) is 0 Å². The first-order valence-corrected chi connectivity index (χ1v) is 6.01. The van der Waals surface area contributed by atoms with Crippen molar-refractivity contribution in [1.82, 2.24) is 4.98 Å². The van der Waals surface area contributed by atoms with Crippen LogP contribution in [-0.4, -0.2) is 16.1 Å². The molecule has 1 aromatic carbocycles. The standard InChI is InChI=1S/C13H10FNO2S/c1-8-5-12(11(7-15-8)13(16)17)18-10-4-2-3-9(14)6-10/h2-7H,1H3,(H,16,17). The van der Waals surface area contributed by atoms with Gasteiger partial charge in [-0.3, -0.25) is 4.98 Å². The summed E-state index contributed by atoms with van der Waals surface area (Å²) in [5, 5.41) is 9.06. The number of hydrogen-bond acceptors (Lipinski definition) is 3. The summed E-state index contributed by atoms with van der Waals surface area (Å²) in [6, 6.07) is 7.71. The summed E-state index contributed by atoms with van der Waals surface area (Å²) in [6.45, 7) is 1.78. The van der Waals surface area contributed by atoms with E-state index in [2.05, 4.69) is 4.98 Å². The summed E-state index contributed by atoms with van der Waals surface area (Å²) < 4.78 is 13.1. The quantitative estimate of drug-likeness (QED) is 0.922. The molecule has 0 bridgehead atoms. The van der Waals surface area contributed by atoms with E-state index in [4.69, 9.17) is 5.11 Å². The number of nitrogens with zero attached hydrogens (tertiary/aromatic N) is 1. The molecule has 1 N–H and O–H groups in total. The molecule has 0 amide bonds. The van der Waals surface area contributed by atoms with Crippen molar-refractivity contribution in [3.05, 3.63) is 53.6 Å². The van der Waals surface area contributed by atoms with Gasteiger partial charge in [-0.1, -0.05) is 17.8 Å². The number of carbonyl (C=O) groups is 1. The van der Waals surface area contributed by atoms with Gasteiger partial charge in [-0.15, -0.1) is 0 Å². The summed E-state index contributed by atoms with van der Waals surface area (Å²) in [5.41, 5.74) is 0.841. The zero-order valence-electron chi connectivity index (χ0n) is 9.55. The predicted octanol–water partition coefficient (Wildman–Crippen LogP) is 3.38. The van der Waals surface area contributed by atoms with Crippen molar-refractivity contribution in [2.75, 3.05) is 0 Å². The lowest BCUT2D eigenvalue weighted by Crippen LogP contribution is -2.00. The number of halogens is 1. The van der Waals surface area contributed by atoms with Crippen LogP contribution in [0.25, 0.3) is 0 Å². The zero-order valence-corrected chi connectivity index (χ0v) is 10.4. The fourth-order valence-corrected chi connectivity index (χ4v) is 2.49. The Labute approximate surface area is 108 Å². The Bertz CT molecular complexity index is 601. The van der Waals surface area contributed by atoms with Gasteiger partial charge in [0, 0.05) is 21.7 Å². The van der Waals surface area contributed by atoms with Crippen LogP contribution in [0.15, 0.2) is 46.3 Å². The van der Waals surface area contributed by atoms with Gasteiger partial charge in [0.2, 0.25) is 0 Å². The van der Waals surface area contributed by atoms with Gasteiger partial charge in [-0.25, -0.2) is 9.18 Å². The molecule has 0 aliphatic rings. The smallest absolute Gasteiger partial charge is 0.338 e. The largest absolute Gasteiger partial charge is 0.478 e. The SMILES string of the molecule is Cc1cc(Sc2cccc(F)c2)c(C(=O)O)cn1. The molecule has 0 radical (unpaired) electrons. The van der Waals surface area contributed by atoms with Gasteiger partial charge in [0.15, 0.2) is 0 Å². The number of aromatic nitrogens is 1. The van der Waals surface area contributed by atoms with Crippen molar-refractivity contribution in [3.63, 3.8) is 0 Å². The molecular weight excluding hydrogens is 253 g/mol. The summed E-state index contributed by atoms with van der Waals surface area (Å²) in [4.78, 5) is 16.2. The van der Waals surface area contributed by atoms with E-state index in [0.717, 1.165) is 5.69 Å². The van der Waals surface area contributed by atoms with Gasteiger partial charge in [0.05, 0.1) is 5.56 Å². The van der Waals surface area contributed by atoms with Crippen molar-refractivity contribution in [3.8, 4) is 0 Å². The first kappa shape index (κ1) is 12.6. The molecule has 2 rings (SSSR count). The molecule has 0 atom stereocenters. The van der Waals surface area contributed by atoms with Crippen molar-refractivity contribution in [2.24, 2.45) is 0 Å². The van der Waals surface area contributed by atoms with Gasteiger partial charge in [0.25, 0.3) is 0 Å². The highest BCUT2D eigenvalue weighted by Crippen LogP contribution is 2.30. The van der Waals surface area contributed by atoms with E-state index in [1.807, 2.05) is 0 Å². The second-order valence-electron chi connectivity index (χ2n) is 3.69. The Hall–Kier alpha value is -1.88.